The van der Waals surface area contributed by atoms with E-state index in [1.54, 1.807) is 18.2 Å². The third-order valence-corrected chi connectivity index (χ3v) is 3.40. The van der Waals surface area contributed by atoms with Crippen molar-refractivity contribution in [2.24, 2.45) is 0 Å². The molecule has 0 radical (unpaired) electrons. The zero-order chi connectivity index (χ0) is 14.7. The van der Waals surface area contributed by atoms with Crippen LogP contribution in [0.15, 0.2) is 18.2 Å². The number of ether oxygens (including phenoxy) is 2. The van der Waals surface area contributed by atoms with Gasteiger partial charge < -0.3 is 14.6 Å². The van der Waals surface area contributed by atoms with Gasteiger partial charge in [-0.05, 0) is 37.1 Å². The van der Waals surface area contributed by atoms with Crippen LogP contribution in [0.3, 0.4) is 0 Å². The lowest BCUT2D eigenvalue weighted by Crippen LogP contribution is -1.99. The van der Waals surface area contributed by atoms with Crippen molar-refractivity contribution in [1.29, 1.82) is 0 Å². The number of methoxy groups -OCH3 is 1. The van der Waals surface area contributed by atoms with Gasteiger partial charge >= 0.3 is 0 Å². The SMILES string of the molecule is COc1cc(CO)ccc1Oc1nnc(Cl)c(C)c1C. The zero-order valence-electron chi connectivity index (χ0n) is 11.5. The predicted molar refractivity (Wildman–Crippen MR) is 75.5 cm³/mol. The standard InChI is InChI=1S/C14H15ClN2O3/c1-8-9(2)14(17-16-13(8)15)20-11-5-4-10(7-18)6-12(11)19-3/h4-6,18H,7H2,1-3H3. The first-order valence-corrected chi connectivity index (χ1v) is 6.39. The van der Waals surface area contributed by atoms with Gasteiger partial charge in [-0.2, -0.15) is 0 Å². The molecule has 5 nitrogen and oxygen atoms in total. The average molecular weight is 295 g/mol. The maximum atomic E-state index is 9.12. The van der Waals surface area contributed by atoms with Crippen molar-refractivity contribution in [2.75, 3.05) is 7.11 Å². The smallest absolute Gasteiger partial charge is 0.242 e. The van der Waals surface area contributed by atoms with E-state index in [4.69, 9.17) is 26.2 Å². The molecule has 0 saturated heterocycles. The highest BCUT2D eigenvalue weighted by Gasteiger charge is 2.13. The second-order valence-electron chi connectivity index (χ2n) is 4.29. The van der Waals surface area contributed by atoms with E-state index in [1.165, 1.54) is 7.11 Å². The maximum absolute atomic E-state index is 9.12. The second kappa shape index (κ2) is 6.07. The van der Waals surface area contributed by atoms with Gasteiger partial charge in [0.2, 0.25) is 5.88 Å². The Morgan fingerprint density at radius 3 is 2.55 bits per heavy atom. The summed E-state index contributed by atoms with van der Waals surface area (Å²) in [5.41, 5.74) is 2.38. The third kappa shape index (κ3) is 2.84. The largest absolute Gasteiger partial charge is 0.493 e. The molecule has 0 amide bonds. The summed E-state index contributed by atoms with van der Waals surface area (Å²) in [5.74, 6) is 1.40. The van der Waals surface area contributed by atoms with Crippen LogP contribution in [0.25, 0.3) is 0 Å². The van der Waals surface area contributed by atoms with E-state index in [0.717, 1.165) is 16.7 Å². The third-order valence-electron chi connectivity index (χ3n) is 3.04. The first-order chi connectivity index (χ1) is 9.56. The quantitative estimate of drug-likeness (QED) is 0.939. The monoisotopic (exact) mass is 294 g/mol. The fourth-order valence-electron chi connectivity index (χ4n) is 1.65. The van der Waals surface area contributed by atoms with E-state index in [9.17, 15) is 0 Å². The molecule has 0 saturated carbocycles. The van der Waals surface area contributed by atoms with Crippen molar-refractivity contribution in [2.45, 2.75) is 20.5 Å². The van der Waals surface area contributed by atoms with Gasteiger partial charge in [-0.25, -0.2) is 0 Å². The molecule has 1 aromatic carbocycles. The first kappa shape index (κ1) is 14.6. The molecule has 1 aromatic heterocycles. The van der Waals surface area contributed by atoms with Crippen LogP contribution in [0, 0.1) is 13.8 Å². The van der Waals surface area contributed by atoms with Crippen LogP contribution in [0.5, 0.6) is 17.4 Å². The minimum absolute atomic E-state index is 0.0600. The molecule has 106 valence electrons. The van der Waals surface area contributed by atoms with Gasteiger partial charge in [-0.1, -0.05) is 17.7 Å². The Bertz CT molecular complexity index is 632. The minimum atomic E-state index is -0.0600. The topological polar surface area (TPSA) is 64.5 Å². The molecule has 0 aliphatic rings. The summed E-state index contributed by atoms with van der Waals surface area (Å²) in [5, 5.41) is 17.3. The molecular formula is C14H15ClN2O3. The van der Waals surface area contributed by atoms with Crippen LogP contribution in [-0.2, 0) is 6.61 Å². The Kier molecular flexibility index (Phi) is 4.42. The van der Waals surface area contributed by atoms with Crippen LogP contribution in [0.4, 0.5) is 0 Å². The Balaban J connectivity index is 2.37. The molecule has 2 aromatic rings. The second-order valence-corrected chi connectivity index (χ2v) is 4.65. The van der Waals surface area contributed by atoms with Crippen molar-refractivity contribution in [3.05, 3.63) is 40.0 Å². The van der Waals surface area contributed by atoms with Crippen LogP contribution >= 0.6 is 11.6 Å². The van der Waals surface area contributed by atoms with Crippen LogP contribution in [0.1, 0.15) is 16.7 Å². The predicted octanol–water partition coefficient (Wildman–Crippen LogP) is 3.04. The fraction of sp³-hybridized carbons (Fsp3) is 0.286. The van der Waals surface area contributed by atoms with E-state index in [2.05, 4.69) is 10.2 Å². The molecule has 0 fully saturated rings. The summed E-state index contributed by atoms with van der Waals surface area (Å²) in [7, 11) is 1.54. The Labute approximate surface area is 122 Å². The van der Waals surface area contributed by atoms with Crippen molar-refractivity contribution < 1.29 is 14.6 Å². The molecule has 6 heteroatoms. The summed E-state index contributed by atoms with van der Waals surface area (Å²) in [4.78, 5) is 0. The molecule has 0 atom stereocenters. The molecule has 20 heavy (non-hydrogen) atoms. The number of hydrogen-bond donors (Lipinski definition) is 1. The molecule has 1 heterocycles. The van der Waals surface area contributed by atoms with Gasteiger partial charge in [0.05, 0.1) is 13.7 Å². The van der Waals surface area contributed by atoms with E-state index in [1.807, 2.05) is 13.8 Å². The molecular weight excluding hydrogens is 280 g/mol. The number of hydrogen-bond acceptors (Lipinski definition) is 5. The molecule has 0 aliphatic carbocycles. The number of halogens is 1. The highest BCUT2D eigenvalue weighted by molar-refractivity contribution is 6.30. The maximum Gasteiger partial charge on any atom is 0.242 e. The lowest BCUT2D eigenvalue weighted by molar-refractivity contribution is 0.280. The molecule has 0 unspecified atom stereocenters. The Morgan fingerprint density at radius 2 is 1.90 bits per heavy atom. The number of aliphatic hydroxyl groups is 1. The fourth-order valence-corrected chi connectivity index (χ4v) is 1.83. The summed E-state index contributed by atoms with van der Waals surface area (Å²) in [6.07, 6.45) is 0. The van der Waals surface area contributed by atoms with Crippen molar-refractivity contribution in [3.63, 3.8) is 0 Å². The zero-order valence-corrected chi connectivity index (χ0v) is 12.2. The van der Waals surface area contributed by atoms with E-state index in [0.29, 0.717) is 22.5 Å². The number of aromatic nitrogens is 2. The van der Waals surface area contributed by atoms with Crippen LogP contribution in [-0.4, -0.2) is 22.4 Å². The molecule has 0 aliphatic heterocycles. The summed E-state index contributed by atoms with van der Waals surface area (Å²) in [6.45, 7) is 3.65. The first-order valence-electron chi connectivity index (χ1n) is 6.01. The highest BCUT2D eigenvalue weighted by atomic mass is 35.5. The summed E-state index contributed by atoms with van der Waals surface area (Å²) in [6, 6.07) is 5.18. The number of aliphatic hydroxyl groups excluding tert-OH is 1. The van der Waals surface area contributed by atoms with E-state index >= 15 is 0 Å². The van der Waals surface area contributed by atoms with Gasteiger partial charge in [-0.15, -0.1) is 10.2 Å². The van der Waals surface area contributed by atoms with Crippen LogP contribution < -0.4 is 9.47 Å². The van der Waals surface area contributed by atoms with Crippen molar-refractivity contribution in [3.8, 4) is 17.4 Å². The van der Waals surface area contributed by atoms with Crippen molar-refractivity contribution in [1.82, 2.24) is 10.2 Å². The highest BCUT2D eigenvalue weighted by Crippen LogP contribution is 2.33. The van der Waals surface area contributed by atoms with Gasteiger partial charge in [-0.3, -0.25) is 0 Å². The Hall–Kier alpha value is -1.85. The van der Waals surface area contributed by atoms with E-state index in [-0.39, 0.29) is 6.61 Å². The average Bonchev–Trinajstić information content (AvgIpc) is 2.48. The number of rotatable bonds is 4. The Morgan fingerprint density at radius 1 is 1.15 bits per heavy atom. The van der Waals surface area contributed by atoms with Gasteiger partial charge in [0.1, 0.15) is 0 Å². The molecule has 2 rings (SSSR count). The van der Waals surface area contributed by atoms with Crippen molar-refractivity contribution >= 4 is 11.6 Å². The van der Waals surface area contributed by atoms with Gasteiger partial charge in [0.15, 0.2) is 16.7 Å². The van der Waals surface area contributed by atoms with Gasteiger partial charge in [0, 0.05) is 5.56 Å². The minimum Gasteiger partial charge on any atom is -0.493 e. The van der Waals surface area contributed by atoms with Gasteiger partial charge in [0.25, 0.3) is 0 Å². The lowest BCUT2D eigenvalue weighted by Gasteiger charge is -2.13. The summed E-state index contributed by atoms with van der Waals surface area (Å²) >= 11 is 5.91. The lowest BCUT2D eigenvalue weighted by atomic mass is 10.2. The summed E-state index contributed by atoms with van der Waals surface area (Å²) < 4.78 is 11.0. The number of benzene rings is 1. The number of nitrogens with zero attached hydrogens (tertiary/aromatic N) is 2. The molecule has 0 spiro atoms. The normalized spacial score (nSPS) is 10.4. The molecule has 1 N–H and O–H groups in total. The molecule has 0 bridgehead atoms. The van der Waals surface area contributed by atoms with Crippen LogP contribution in [0.2, 0.25) is 5.15 Å². The van der Waals surface area contributed by atoms with E-state index < -0.39 is 0 Å².